The lowest BCUT2D eigenvalue weighted by Gasteiger charge is -2.35. The van der Waals surface area contributed by atoms with Crippen LogP contribution in [0.4, 0.5) is 0 Å². The van der Waals surface area contributed by atoms with Crippen LogP contribution in [0.15, 0.2) is 0 Å². The van der Waals surface area contributed by atoms with E-state index >= 15 is 0 Å². The van der Waals surface area contributed by atoms with Crippen molar-refractivity contribution in [3.63, 3.8) is 0 Å². The number of ether oxygens (including phenoxy) is 5. The molecule has 18 heavy (non-hydrogen) atoms. The van der Waals surface area contributed by atoms with Crippen LogP contribution in [0.1, 0.15) is 27.7 Å². The van der Waals surface area contributed by atoms with Crippen LogP contribution >= 0.6 is 0 Å². The van der Waals surface area contributed by atoms with Gasteiger partial charge < -0.3 is 23.7 Å². The van der Waals surface area contributed by atoms with Crippen molar-refractivity contribution < 1.29 is 28.5 Å². The van der Waals surface area contributed by atoms with Gasteiger partial charge in [0.25, 0.3) is 5.79 Å². The van der Waals surface area contributed by atoms with Gasteiger partial charge in [-0.2, -0.15) is 0 Å². The number of carbonyl (C=O) groups excluding carboxylic acids is 1. The molecule has 102 valence electrons. The van der Waals surface area contributed by atoms with E-state index in [9.17, 15) is 4.79 Å². The second kappa shape index (κ2) is 3.52. The molecule has 0 aromatic rings. The maximum absolute atomic E-state index is 12.4. The molecule has 0 aromatic heterocycles. The van der Waals surface area contributed by atoms with Gasteiger partial charge in [-0.25, -0.2) is 0 Å². The average molecular weight is 258 g/mol. The Morgan fingerprint density at radius 1 is 1.06 bits per heavy atom. The van der Waals surface area contributed by atoms with Gasteiger partial charge >= 0.3 is 0 Å². The van der Waals surface area contributed by atoms with E-state index < -0.39 is 29.6 Å². The summed E-state index contributed by atoms with van der Waals surface area (Å²) in [5.41, 5.74) is 0. The Morgan fingerprint density at radius 3 is 2.39 bits per heavy atom. The van der Waals surface area contributed by atoms with Crippen LogP contribution in [-0.2, 0) is 28.5 Å². The Bertz CT molecular complexity index is 388. The third kappa shape index (κ3) is 1.80. The Labute approximate surface area is 105 Å². The highest BCUT2D eigenvalue weighted by atomic mass is 16.9. The molecule has 1 spiro atoms. The minimum atomic E-state index is -1.33. The first-order chi connectivity index (χ1) is 8.23. The van der Waals surface area contributed by atoms with Crippen molar-refractivity contribution in [3.05, 3.63) is 0 Å². The summed E-state index contributed by atoms with van der Waals surface area (Å²) in [6.07, 6.45) is -1.07. The molecular weight excluding hydrogens is 240 g/mol. The molecule has 3 aliphatic rings. The lowest BCUT2D eigenvalue weighted by molar-refractivity contribution is -0.303. The molecule has 0 bridgehead atoms. The van der Waals surface area contributed by atoms with Gasteiger partial charge in [0.05, 0.1) is 6.61 Å². The Hall–Kier alpha value is -0.530. The SMILES string of the molecule is CC1(C)OCC2OC3(COC(C)(C)O3)C(=O)C2O1. The molecule has 0 amide bonds. The highest BCUT2D eigenvalue weighted by molar-refractivity contribution is 5.93. The fourth-order valence-electron chi connectivity index (χ4n) is 2.53. The first kappa shape index (κ1) is 12.5. The molecule has 6 nitrogen and oxygen atoms in total. The van der Waals surface area contributed by atoms with Crippen LogP contribution in [0.3, 0.4) is 0 Å². The van der Waals surface area contributed by atoms with Crippen molar-refractivity contribution >= 4 is 5.78 Å². The first-order valence-corrected chi connectivity index (χ1v) is 6.11. The van der Waals surface area contributed by atoms with E-state index in [4.69, 9.17) is 23.7 Å². The van der Waals surface area contributed by atoms with Gasteiger partial charge in [-0.1, -0.05) is 0 Å². The number of hydrogen-bond donors (Lipinski definition) is 0. The van der Waals surface area contributed by atoms with E-state index in [2.05, 4.69) is 0 Å². The monoisotopic (exact) mass is 258 g/mol. The summed E-state index contributed by atoms with van der Waals surface area (Å²) in [7, 11) is 0. The molecule has 0 radical (unpaired) electrons. The summed E-state index contributed by atoms with van der Waals surface area (Å²) in [4.78, 5) is 12.4. The summed E-state index contributed by atoms with van der Waals surface area (Å²) in [6.45, 7) is 7.46. The third-order valence-electron chi connectivity index (χ3n) is 3.34. The Morgan fingerprint density at radius 2 is 1.78 bits per heavy atom. The van der Waals surface area contributed by atoms with Crippen LogP contribution in [-0.4, -0.2) is 48.6 Å². The van der Waals surface area contributed by atoms with Crippen molar-refractivity contribution in [2.24, 2.45) is 0 Å². The van der Waals surface area contributed by atoms with Gasteiger partial charge in [0.1, 0.15) is 12.7 Å². The molecule has 3 unspecified atom stereocenters. The molecule has 3 heterocycles. The lowest BCUT2D eigenvalue weighted by Crippen LogP contribution is -2.49. The highest BCUT2D eigenvalue weighted by Crippen LogP contribution is 2.42. The van der Waals surface area contributed by atoms with Crippen molar-refractivity contribution in [1.82, 2.24) is 0 Å². The number of rotatable bonds is 0. The molecule has 0 aliphatic carbocycles. The normalized spacial score (nSPS) is 45.4. The zero-order valence-corrected chi connectivity index (χ0v) is 11.0. The minimum absolute atomic E-state index is 0.0929. The summed E-state index contributed by atoms with van der Waals surface area (Å²) >= 11 is 0. The fourth-order valence-corrected chi connectivity index (χ4v) is 2.53. The largest absolute Gasteiger partial charge is 0.348 e. The summed E-state index contributed by atoms with van der Waals surface area (Å²) in [5.74, 6) is -3.14. The molecule has 6 heteroatoms. The van der Waals surface area contributed by atoms with Gasteiger partial charge in [0, 0.05) is 0 Å². The van der Waals surface area contributed by atoms with Gasteiger partial charge in [-0.15, -0.1) is 0 Å². The minimum Gasteiger partial charge on any atom is -0.348 e. The van der Waals surface area contributed by atoms with E-state index in [1.165, 1.54) is 0 Å². The molecule has 3 saturated heterocycles. The number of fused-ring (bicyclic) bond motifs is 1. The maximum Gasteiger partial charge on any atom is 0.259 e. The summed E-state index contributed by atoms with van der Waals surface area (Å²) < 4.78 is 27.9. The second-order valence-corrected chi connectivity index (χ2v) is 5.81. The van der Waals surface area contributed by atoms with Crippen LogP contribution in [0.25, 0.3) is 0 Å². The molecule has 3 atom stereocenters. The van der Waals surface area contributed by atoms with E-state index in [1.807, 2.05) is 0 Å². The van der Waals surface area contributed by atoms with Gasteiger partial charge in [0.15, 0.2) is 17.7 Å². The molecular formula is C12H18O6. The lowest BCUT2D eigenvalue weighted by atomic mass is 10.1. The quantitative estimate of drug-likeness (QED) is 0.633. The van der Waals surface area contributed by atoms with Crippen molar-refractivity contribution in [2.75, 3.05) is 13.2 Å². The first-order valence-electron chi connectivity index (χ1n) is 6.11. The molecule has 3 rings (SSSR count). The average Bonchev–Trinajstić information content (AvgIpc) is 2.68. The van der Waals surface area contributed by atoms with Crippen molar-refractivity contribution in [3.8, 4) is 0 Å². The smallest absolute Gasteiger partial charge is 0.259 e. The van der Waals surface area contributed by atoms with Crippen LogP contribution in [0, 0.1) is 0 Å². The standard InChI is InChI=1S/C12H18O6/c1-10(2)14-5-7-8(17-10)9(13)12(16-7)6-15-11(3,4)18-12/h7-8H,5-6H2,1-4H3. The number of Topliss-reactive ketones (excluding diaryl/α,β-unsaturated/α-hetero) is 1. The summed E-state index contributed by atoms with van der Waals surface area (Å²) in [6, 6.07) is 0. The number of ketones is 1. The zero-order valence-electron chi connectivity index (χ0n) is 11.0. The number of carbonyl (C=O) groups is 1. The molecule has 3 fully saturated rings. The van der Waals surface area contributed by atoms with E-state index in [1.54, 1.807) is 27.7 Å². The highest BCUT2D eigenvalue weighted by Gasteiger charge is 2.64. The van der Waals surface area contributed by atoms with Crippen molar-refractivity contribution in [2.45, 2.75) is 57.3 Å². The predicted molar refractivity (Wildman–Crippen MR) is 58.6 cm³/mol. The summed E-state index contributed by atoms with van der Waals surface area (Å²) in [5, 5.41) is 0. The predicted octanol–water partition coefficient (Wildman–Crippen LogP) is 0.585. The number of hydrogen-bond acceptors (Lipinski definition) is 6. The zero-order chi connectivity index (χ0) is 13.2. The van der Waals surface area contributed by atoms with E-state index in [0.29, 0.717) is 6.61 Å². The Kier molecular flexibility index (Phi) is 2.44. The van der Waals surface area contributed by atoms with E-state index in [-0.39, 0.29) is 12.4 Å². The third-order valence-corrected chi connectivity index (χ3v) is 3.34. The Balaban J connectivity index is 1.84. The van der Waals surface area contributed by atoms with E-state index in [0.717, 1.165) is 0 Å². The second-order valence-electron chi connectivity index (χ2n) is 5.81. The van der Waals surface area contributed by atoms with Gasteiger partial charge in [0.2, 0.25) is 5.78 Å². The molecule has 0 saturated carbocycles. The van der Waals surface area contributed by atoms with Crippen LogP contribution in [0.5, 0.6) is 0 Å². The topological polar surface area (TPSA) is 63.2 Å². The van der Waals surface area contributed by atoms with Crippen LogP contribution in [0.2, 0.25) is 0 Å². The fraction of sp³-hybridized carbons (Fsp3) is 0.917. The molecule has 0 N–H and O–H groups in total. The maximum atomic E-state index is 12.4. The molecule has 0 aromatic carbocycles. The van der Waals surface area contributed by atoms with Gasteiger partial charge in [-0.05, 0) is 27.7 Å². The van der Waals surface area contributed by atoms with Gasteiger partial charge in [-0.3, -0.25) is 4.79 Å². The van der Waals surface area contributed by atoms with Crippen molar-refractivity contribution in [1.29, 1.82) is 0 Å². The molecule has 3 aliphatic heterocycles. The van der Waals surface area contributed by atoms with Crippen LogP contribution < -0.4 is 0 Å².